The molecule has 0 spiro atoms. The molecule has 1 aromatic rings. The van der Waals surface area contributed by atoms with E-state index < -0.39 is 0 Å². The zero-order chi connectivity index (χ0) is 15.5. The summed E-state index contributed by atoms with van der Waals surface area (Å²) in [7, 11) is 0. The number of rotatable bonds is 5. The normalized spacial score (nSPS) is 27.0. The Morgan fingerprint density at radius 2 is 2.05 bits per heavy atom. The van der Waals surface area contributed by atoms with Crippen molar-refractivity contribution in [1.29, 1.82) is 0 Å². The van der Waals surface area contributed by atoms with Gasteiger partial charge in [-0.1, -0.05) is 19.8 Å². The highest BCUT2D eigenvalue weighted by molar-refractivity contribution is 7.09. The largest absolute Gasteiger partial charge is 0.312 e. The van der Waals surface area contributed by atoms with Crippen molar-refractivity contribution >= 4 is 11.3 Å². The summed E-state index contributed by atoms with van der Waals surface area (Å²) < 4.78 is 0. The molecule has 1 aliphatic rings. The van der Waals surface area contributed by atoms with Gasteiger partial charge in [0.15, 0.2) is 0 Å². The predicted octanol–water partition coefficient (Wildman–Crippen LogP) is 4.82. The number of thiazole rings is 1. The summed E-state index contributed by atoms with van der Waals surface area (Å²) in [4.78, 5) is 4.70. The molecule has 1 saturated carbocycles. The van der Waals surface area contributed by atoms with Gasteiger partial charge in [0.2, 0.25) is 0 Å². The van der Waals surface area contributed by atoms with Gasteiger partial charge in [0.05, 0.1) is 5.01 Å². The van der Waals surface area contributed by atoms with E-state index in [1.54, 1.807) is 0 Å². The first-order valence-electron chi connectivity index (χ1n) is 8.53. The standard InChI is InChI=1S/C18H32N2S/c1-6-14-7-8-15(11-19-18(3,4)5)16(9-14)10-17-20-13(2)12-21-17/h12,14-16,19H,6-11H2,1-5H3. The third kappa shape index (κ3) is 5.37. The molecule has 2 nitrogen and oxygen atoms in total. The van der Waals surface area contributed by atoms with Gasteiger partial charge in [0.25, 0.3) is 0 Å². The van der Waals surface area contributed by atoms with Crippen LogP contribution >= 0.6 is 11.3 Å². The summed E-state index contributed by atoms with van der Waals surface area (Å²) in [6.45, 7) is 12.4. The molecular weight excluding hydrogens is 276 g/mol. The Bertz CT molecular complexity index is 433. The van der Waals surface area contributed by atoms with Crippen LogP contribution in [0.5, 0.6) is 0 Å². The van der Waals surface area contributed by atoms with Crippen LogP contribution in [-0.4, -0.2) is 17.1 Å². The zero-order valence-corrected chi connectivity index (χ0v) is 15.2. The molecule has 1 aliphatic carbocycles. The fourth-order valence-electron chi connectivity index (χ4n) is 3.47. The Balaban J connectivity index is 1.99. The van der Waals surface area contributed by atoms with Crippen LogP contribution in [0.25, 0.3) is 0 Å². The molecule has 0 aromatic carbocycles. The molecule has 120 valence electrons. The average Bonchev–Trinajstić information content (AvgIpc) is 2.81. The van der Waals surface area contributed by atoms with Crippen LogP contribution in [0.2, 0.25) is 0 Å². The van der Waals surface area contributed by atoms with Crippen LogP contribution in [0.4, 0.5) is 0 Å². The van der Waals surface area contributed by atoms with Gasteiger partial charge >= 0.3 is 0 Å². The highest BCUT2D eigenvalue weighted by Gasteiger charge is 2.31. The smallest absolute Gasteiger partial charge is 0.0930 e. The summed E-state index contributed by atoms with van der Waals surface area (Å²) >= 11 is 1.85. The van der Waals surface area contributed by atoms with Gasteiger partial charge in [-0.15, -0.1) is 11.3 Å². The minimum absolute atomic E-state index is 0.226. The third-order valence-corrected chi connectivity index (χ3v) is 5.81. The van der Waals surface area contributed by atoms with Gasteiger partial charge in [-0.25, -0.2) is 4.98 Å². The molecule has 0 saturated heterocycles. The van der Waals surface area contributed by atoms with Crippen molar-refractivity contribution in [2.75, 3.05) is 6.54 Å². The summed E-state index contributed by atoms with van der Waals surface area (Å²) in [6.07, 6.45) is 6.72. The maximum Gasteiger partial charge on any atom is 0.0930 e. The minimum Gasteiger partial charge on any atom is -0.312 e. The van der Waals surface area contributed by atoms with Crippen molar-refractivity contribution in [3.8, 4) is 0 Å². The van der Waals surface area contributed by atoms with Crippen LogP contribution in [-0.2, 0) is 6.42 Å². The predicted molar refractivity (Wildman–Crippen MR) is 92.9 cm³/mol. The lowest BCUT2D eigenvalue weighted by Crippen LogP contribution is -2.42. The van der Waals surface area contributed by atoms with Gasteiger partial charge < -0.3 is 5.32 Å². The molecule has 1 fully saturated rings. The van der Waals surface area contributed by atoms with E-state index in [1.165, 1.54) is 42.8 Å². The Morgan fingerprint density at radius 1 is 1.29 bits per heavy atom. The second-order valence-corrected chi connectivity index (χ2v) is 8.77. The lowest BCUT2D eigenvalue weighted by atomic mass is 9.72. The van der Waals surface area contributed by atoms with Crippen molar-refractivity contribution in [3.63, 3.8) is 0 Å². The number of hydrogen-bond donors (Lipinski definition) is 1. The Hall–Kier alpha value is -0.410. The van der Waals surface area contributed by atoms with Gasteiger partial charge in [-0.3, -0.25) is 0 Å². The third-order valence-electron chi connectivity index (χ3n) is 4.82. The van der Waals surface area contributed by atoms with Gasteiger partial charge in [0, 0.05) is 23.0 Å². The molecule has 3 unspecified atom stereocenters. The first kappa shape index (κ1) is 17.0. The summed E-state index contributed by atoms with van der Waals surface area (Å²) in [5.41, 5.74) is 1.41. The minimum atomic E-state index is 0.226. The molecule has 2 rings (SSSR count). The van der Waals surface area contributed by atoms with E-state index in [9.17, 15) is 0 Å². The highest BCUT2D eigenvalue weighted by atomic mass is 32.1. The number of aryl methyl sites for hydroxylation is 1. The lowest BCUT2D eigenvalue weighted by Gasteiger charge is -2.37. The summed E-state index contributed by atoms with van der Waals surface area (Å²) in [5, 5.41) is 7.26. The topological polar surface area (TPSA) is 24.9 Å². The maximum atomic E-state index is 4.70. The second kappa shape index (κ2) is 7.23. The van der Waals surface area contributed by atoms with Crippen molar-refractivity contribution in [3.05, 3.63) is 16.1 Å². The monoisotopic (exact) mass is 308 g/mol. The molecule has 1 heterocycles. The summed E-state index contributed by atoms with van der Waals surface area (Å²) in [6, 6.07) is 0. The van der Waals surface area contributed by atoms with Gasteiger partial charge in [-0.2, -0.15) is 0 Å². The first-order valence-corrected chi connectivity index (χ1v) is 9.41. The fourth-order valence-corrected chi connectivity index (χ4v) is 4.34. The van der Waals surface area contributed by atoms with Crippen molar-refractivity contribution in [2.24, 2.45) is 17.8 Å². The average molecular weight is 309 g/mol. The SMILES string of the molecule is CCC1CCC(CNC(C)(C)C)C(Cc2nc(C)cs2)C1. The molecule has 0 aliphatic heterocycles. The molecule has 0 radical (unpaired) electrons. The quantitative estimate of drug-likeness (QED) is 0.843. The lowest BCUT2D eigenvalue weighted by molar-refractivity contribution is 0.163. The van der Waals surface area contributed by atoms with Gasteiger partial charge in [-0.05, 0) is 64.8 Å². The maximum absolute atomic E-state index is 4.70. The number of aromatic nitrogens is 1. The van der Waals surface area contributed by atoms with Crippen molar-refractivity contribution in [2.45, 2.75) is 72.3 Å². The van der Waals surface area contributed by atoms with Crippen LogP contribution in [0.1, 0.15) is 64.1 Å². The van der Waals surface area contributed by atoms with E-state index in [-0.39, 0.29) is 5.54 Å². The van der Waals surface area contributed by atoms with E-state index in [4.69, 9.17) is 4.98 Å². The Morgan fingerprint density at radius 3 is 2.62 bits per heavy atom. The van der Waals surface area contributed by atoms with Crippen LogP contribution in [0.15, 0.2) is 5.38 Å². The molecule has 0 bridgehead atoms. The van der Waals surface area contributed by atoms with Crippen LogP contribution in [0, 0.1) is 24.7 Å². The van der Waals surface area contributed by atoms with Crippen molar-refractivity contribution in [1.82, 2.24) is 10.3 Å². The van der Waals surface area contributed by atoms with E-state index in [0.717, 1.165) is 24.3 Å². The van der Waals surface area contributed by atoms with E-state index in [2.05, 4.69) is 45.3 Å². The Kier molecular flexibility index (Phi) is 5.84. The molecule has 3 heteroatoms. The summed E-state index contributed by atoms with van der Waals surface area (Å²) in [5.74, 6) is 2.56. The number of nitrogens with one attached hydrogen (secondary N) is 1. The van der Waals surface area contributed by atoms with E-state index >= 15 is 0 Å². The van der Waals surface area contributed by atoms with Crippen molar-refractivity contribution < 1.29 is 0 Å². The zero-order valence-electron chi connectivity index (χ0n) is 14.4. The van der Waals surface area contributed by atoms with Crippen LogP contribution in [0.3, 0.4) is 0 Å². The molecular formula is C18H32N2S. The van der Waals surface area contributed by atoms with E-state index in [0.29, 0.717) is 0 Å². The molecule has 1 aromatic heterocycles. The van der Waals surface area contributed by atoms with Gasteiger partial charge in [0.1, 0.15) is 0 Å². The fraction of sp³-hybridized carbons (Fsp3) is 0.833. The van der Waals surface area contributed by atoms with Crippen LogP contribution < -0.4 is 5.32 Å². The molecule has 0 amide bonds. The molecule has 3 atom stereocenters. The molecule has 21 heavy (non-hydrogen) atoms. The number of hydrogen-bond acceptors (Lipinski definition) is 3. The second-order valence-electron chi connectivity index (χ2n) is 7.83. The first-order chi connectivity index (χ1) is 9.87. The highest BCUT2D eigenvalue weighted by Crippen LogP contribution is 2.37. The Labute approximate surface area is 134 Å². The van der Waals surface area contributed by atoms with E-state index in [1.807, 2.05) is 11.3 Å². The number of nitrogens with zero attached hydrogens (tertiary/aromatic N) is 1. The molecule has 1 N–H and O–H groups in total.